The number of aromatic nitrogens is 3. The third-order valence-corrected chi connectivity index (χ3v) is 7.05. The highest BCUT2D eigenvalue weighted by molar-refractivity contribution is 5.92. The van der Waals surface area contributed by atoms with Crippen LogP contribution in [-0.4, -0.2) is 27.1 Å². The summed E-state index contributed by atoms with van der Waals surface area (Å²) in [6.07, 6.45) is 6.07. The maximum atomic E-state index is 13.1. The molecule has 0 bridgehead atoms. The number of benzene rings is 2. The van der Waals surface area contributed by atoms with E-state index in [1.54, 1.807) is 38.6 Å². The molecular weight excluding hydrogens is 460 g/mol. The molecule has 0 spiro atoms. The van der Waals surface area contributed by atoms with Crippen molar-refractivity contribution >= 4 is 22.5 Å². The minimum absolute atomic E-state index is 0.0109. The Morgan fingerprint density at radius 1 is 1.11 bits per heavy atom. The van der Waals surface area contributed by atoms with Crippen LogP contribution in [0.2, 0.25) is 0 Å². The monoisotopic (exact) mass is 488 g/mol. The molecule has 4 aromatic rings. The zero-order valence-corrected chi connectivity index (χ0v) is 20.3. The quantitative estimate of drug-likeness (QED) is 0.442. The molecule has 1 aliphatic rings. The molecule has 0 radical (unpaired) electrons. The fourth-order valence-electron chi connectivity index (χ4n) is 4.96. The number of amides is 1. The summed E-state index contributed by atoms with van der Waals surface area (Å²) < 4.78 is 13.4. The summed E-state index contributed by atoms with van der Waals surface area (Å²) >= 11 is 0. The average molecular weight is 489 g/mol. The van der Waals surface area contributed by atoms with Crippen molar-refractivity contribution in [2.75, 3.05) is 12.4 Å². The van der Waals surface area contributed by atoms with E-state index in [1.165, 1.54) is 15.4 Å². The van der Waals surface area contributed by atoms with Gasteiger partial charge in [-0.15, -0.1) is 0 Å². The Hall–Kier alpha value is -4.14. The molecule has 5 rings (SSSR count). The van der Waals surface area contributed by atoms with E-state index in [2.05, 4.69) is 10.3 Å². The van der Waals surface area contributed by atoms with Crippen LogP contribution in [0.25, 0.3) is 22.4 Å². The van der Waals surface area contributed by atoms with E-state index in [4.69, 9.17) is 9.15 Å². The second kappa shape index (κ2) is 9.85. The normalized spacial score (nSPS) is 17.7. The average Bonchev–Trinajstić information content (AvgIpc) is 3.45. The second-order valence-corrected chi connectivity index (χ2v) is 9.26. The first-order valence-corrected chi connectivity index (χ1v) is 12.0. The number of anilines is 1. The van der Waals surface area contributed by atoms with Crippen molar-refractivity contribution in [3.05, 3.63) is 75.8 Å². The number of carbonyl (C=O) groups excluding carboxylic acids is 1. The van der Waals surface area contributed by atoms with Gasteiger partial charge in [-0.05, 0) is 74.1 Å². The van der Waals surface area contributed by atoms with E-state index >= 15 is 0 Å². The first-order chi connectivity index (χ1) is 17.4. The molecule has 36 heavy (non-hydrogen) atoms. The van der Waals surface area contributed by atoms with Gasteiger partial charge < -0.3 is 14.5 Å². The van der Waals surface area contributed by atoms with Crippen LogP contribution < -0.4 is 21.3 Å². The lowest BCUT2D eigenvalue weighted by atomic mass is 9.81. The second-order valence-electron chi connectivity index (χ2n) is 9.26. The van der Waals surface area contributed by atoms with E-state index in [-0.39, 0.29) is 29.0 Å². The van der Waals surface area contributed by atoms with Gasteiger partial charge in [0.1, 0.15) is 12.0 Å². The van der Waals surface area contributed by atoms with Gasteiger partial charge in [-0.25, -0.2) is 9.78 Å². The summed E-state index contributed by atoms with van der Waals surface area (Å²) in [5.41, 5.74) is 1.51. The summed E-state index contributed by atoms with van der Waals surface area (Å²) in [6, 6.07) is 12.5. The Kier molecular flexibility index (Phi) is 6.45. The van der Waals surface area contributed by atoms with Crippen LogP contribution in [0.1, 0.15) is 25.7 Å². The first-order valence-electron chi connectivity index (χ1n) is 12.0. The number of hydrogen-bond acceptors (Lipinski definition) is 6. The lowest BCUT2D eigenvalue weighted by Gasteiger charge is -2.28. The molecule has 0 aliphatic heterocycles. The number of methoxy groups -OCH3 is 1. The number of ether oxygens (including phenoxy) is 1. The molecule has 2 aromatic heterocycles. The number of hydrogen-bond donors (Lipinski definition) is 1. The summed E-state index contributed by atoms with van der Waals surface area (Å²) in [5, 5.41) is 3.45. The number of carbonyl (C=O) groups is 1. The summed E-state index contributed by atoms with van der Waals surface area (Å²) in [7, 11) is 3.22. The van der Waals surface area contributed by atoms with Gasteiger partial charge in [0.25, 0.3) is 5.56 Å². The first kappa shape index (κ1) is 23.6. The SMILES string of the molecule is COc1ccc2c(c1)c(=O)n(C[C@H]1CC[C@H](C(=O)Nc3ccc(-c4ncco4)cc3)CC1)c(=O)n2C. The van der Waals surface area contributed by atoms with E-state index < -0.39 is 0 Å². The predicted molar refractivity (Wildman–Crippen MR) is 136 cm³/mol. The number of fused-ring (bicyclic) bond motifs is 1. The number of aryl methyl sites for hydroxylation is 1. The Morgan fingerprint density at radius 2 is 1.86 bits per heavy atom. The summed E-state index contributed by atoms with van der Waals surface area (Å²) in [6.45, 7) is 0.343. The number of oxazole rings is 1. The standard InChI is InChI=1S/C27H28N4O5/c1-30-23-12-11-21(35-2)15-22(23)26(33)31(27(30)34)16-17-3-5-18(6-4-17)24(32)29-20-9-7-19(8-10-20)25-28-13-14-36-25/h7-15,17-18H,3-6,16H2,1-2H3,(H,29,32)/t17-,18-. The summed E-state index contributed by atoms with van der Waals surface area (Å²) in [4.78, 5) is 43.0. The minimum atomic E-state index is -0.328. The van der Waals surface area contributed by atoms with Gasteiger partial charge in [-0.1, -0.05) is 0 Å². The molecule has 0 saturated heterocycles. The van der Waals surface area contributed by atoms with Gasteiger partial charge in [0, 0.05) is 30.8 Å². The molecule has 2 heterocycles. The highest BCUT2D eigenvalue weighted by atomic mass is 16.5. The Bertz CT molecular complexity index is 1490. The van der Waals surface area contributed by atoms with Crippen molar-refractivity contribution in [1.29, 1.82) is 0 Å². The lowest BCUT2D eigenvalue weighted by molar-refractivity contribution is -0.121. The smallest absolute Gasteiger partial charge is 0.331 e. The third-order valence-electron chi connectivity index (χ3n) is 7.05. The van der Waals surface area contributed by atoms with Crippen molar-refractivity contribution in [1.82, 2.24) is 14.1 Å². The van der Waals surface area contributed by atoms with E-state index in [1.807, 2.05) is 24.3 Å². The number of nitrogens with zero attached hydrogens (tertiary/aromatic N) is 3. The predicted octanol–water partition coefficient (Wildman–Crippen LogP) is 3.81. The van der Waals surface area contributed by atoms with Crippen LogP contribution in [0, 0.1) is 11.8 Å². The van der Waals surface area contributed by atoms with Gasteiger partial charge >= 0.3 is 5.69 Å². The lowest BCUT2D eigenvalue weighted by Crippen LogP contribution is -2.41. The van der Waals surface area contributed by atoms with E-state index in [0.717, 1.165) is 24.1 Å². The molecular formula is C27H28N4O5. The van der Waals surface area contributed by atoms with Crippen molar-refractivity contribution in [2.24, 2.45) is 18.9 Å². The van der Waals surface area contributed by atoms with Gasteiger partial charge in [0.15, 0.2) is 0 Å². The Labute approximate surface area is 207 Å². The van der Waals surface area contributed by atoms with Gasteiger partial charge in [-0.2, -0.15) is 0 Å². The van der Waals surface area contributed by atoms with Crippen molar-refractivity contribution in [2.45, 2.75) is 32.2 Å². The fourth-order valence-corrected chi connectivity index (χ4v) is 4.96. The van der Waals surface area contributed by atoms with Crippen LogP contribution in [0.3, 0.4) is 0 Å². The molecule has 1 N–H and O–H groups in total. The maximum Gasteiger partial charge on any atom is 0.331 e. The number of nitrogens with one attached hydrogen (secondary N) is 1. The van der Waals surface area contributed by atoms with Crippen LogP contribution in [0.4, 0.5) is 5.69 Å². The Morgan fingerprint density at radius 3 is 2.53 bits per heavy atom. The zero-order valence-electron chi connectivity index (χ0n) is 20.3. The fraction of sp³-hybridized carbons (Fsp3) is 0.333. The summed E-state index contributed by atoms with van der Waals surface area (Å²) in [5.74, 6) is 1.15. The van der Waals surface area contributed by atoms with E-state index in [0.29, 0.717) is 41.9 Å². The van der Waals surface area contributed by atoms with Crippen molar-refractivity contribution in [3.8, 4) is 17.2 Å². The largest absolute Gasteiger partial charge is 0.497 e. The molecule has 9 nitrogen and oxygen atoms in total. The van der Waals surface area contributed by atoms with Gasteiger partial charge in [-0.3, -0.25) is 18.7 Å². The molecule has 186 valence electrons. The van der Waals surface area contributed by atoms with Gasteiger partial charge in [0.2, 0.25) is 11.8 Å². The highest BCUT2D eigenvalue weighted by Gasteiger charge is 2.27. The topological polar surface area (TPSA) is 108 Å². The number of rotatable bonds is 6. The molecule has 0 atom stereocenters. The van der Waals surface area contributed by atoms with Crippen LogP contribution in [0.5, 0.6) is 5.75 Å². The molecule has 1 saturated carbocycles. The molecule has 0 unspecified atom stereocenters. The van der Waals surface area contributed by atoms with Crippen LogP contribution >= 0.6 is 0 Å². The zero-order chi connectivity index (χ0) is 25.2. The third kappa shape index (κ3) is 4.56. The van der Waals surface area contributed by atoms with Gasteiger partial charge in [0.05, 0.1) is 24.2 Å². The van der Waals surface area contributed by atoms with Crippen molar-refractivity contribution in [3.63, 3.8) is 0 Å². The molecule has 2 aromatic carbocycles. The minimum Gasteiger partial charge on any atom is -0.497 e. The molecule has 1 aliphatic carbocycles. The maximum absolute atomic E-state index is 13.1. The highest BCUT2D eigenvalue weighted by Crippen LogP contribution is 2.31. The molecule has 9 heteroatoms. The van der Waals surface area contributed by atoms with Crippen LogP contribution in [0.15, 0.2) is 68.9 Å². The van der Waals surface area contributed by atoms with Crippen LogP contribution in [-0.2, 0) is 18.4 Å². The van der Waals surface area contributed by atoms with Crippen molar-refractivity contribution < 1.29 is 13.9 Å². The molecule has 1 amide bonds. The molecule has 1 fully saturated rings. The Balaban J connectivity index is 1.23. The van der Waals surface area contributed by atoms with E-state index in [9.17, 15) is 14.4 Å².